The lowest BCUT2D eigenvalue weighted by Gasteiger charge is -2.06. The van der Waals surface area contributed by atoms with E-state index in [-0.39, 0.29) is 24.8 Å². The monoisotopic (exact) mass is 282 g/mol. The van der Waals surface area contributed by atoms with Crippen LogP contribution in [-0.4, -0.2) is 18.4 Å². The van der Waals surface area contributed by atoms with E-state index < -0.39 is 0 Å². The summed E-state index contributed by atoms with van der Waals surface area (Å²) in [5.41, 5.74) is 1.76. The van der Waals surface area contributed by atoms with E-state index in [1.165, 1.54) is 6.92 Å². The Labute approximate surface area is 122 Å². The first-order valence-corrected chi connectivity index (χ1v) is 6.67. The van der Waals surface area contributed by atoms with Gasteiger partial charge in [0.2, 0.25) is 6.79 Å². The van der Waals surface area contributed by atoms with E-state index in [1.807, 2.05) is 6.07 Å². The molecule has 0 aromatic heterocycles. The van der Waals surface area contributed by atoms with Crippen LogP contribution in [0.5, 0.6) is 11.5 Å². The number of benzene rings is 2. The molecule has 0 unspecified atom stereocenters. The predicted octanol–water partition coefficient (Wildman–Crippen LogP) is 3.04. The summed E-state index contributed by atoms with van der Waals surface area (Å²) in [4.78, 5) is 24.0. The maximum absolute atomic E-state index is 12.4. The SMILES string of the molecule is CC(=O)c1ccccc1C(=O)Cc1ccc2c(c1)OCO2. The van der Waals surface area contributed by atoms with Crippen LogP contribution in [0.1, 0.15) is 33.2 Å². The molecule has 1 aliphatic heterocycles. The quantitative estimate of drug-likeness (QED) is 0.809. The Balaban J connectivity index is 1.85. The van der Waals surface area contributed by atoms with Crippen LogP contribution >= 0.6 is 0 Å². The number of carbonyl (C=O) groups is 2. The zero-order chi connectivity index (χ0) is 14.8. The number of fused-ring (bicyclic) bond motifs is 1. The van der Waals surface area contributed by atoms with Crippen molar-refractivity contribution in [3.05, 3.63) is 59.2 Å². The summed E-state index contributed by atoms with van der Waals surface area (Å²) in [5, 5.41) is 0. The zero-order valence-corrected chi connectivity index (χ0v) is 11.6. The summed E-state index contributed by atoms with van der Waals surface area (Å²) in [5.74, 6) is 1.15. The highest BCUT2D eigenvalue weighted by atomic mass is 16.7. The maximum atomic E-state index is 12.4. The highest BCUT2D eigenvalue weighted by Crippen LogP contribution is 2.32. The molecular formula is C17H14O4. The van der Waals surface area contributed by atoms with Crippen molar-refractivity contribution in [3.8, 4) is 11.5 Å². The third-order valence-corrected chi connectivity index (χ3v) is 3.41. The fourth-order valence-corrected chi connectivity index (χ4v) is 2.36. The molecule has 2 aromatic rings. The second-order valence-electron chi connectivity index (χ2n) is 4.89. The van der Waals surface area contributed by atoms with Gasteiger partial charge in [0.05, 0.1) is 0 Å². The van der Waals surface area contributed by atoms with Crippen LogP contribution in [0, 0.1) is 0 Å². The number of hydrogen-bond donors (Lipinski definition) is 0. The molecule has 4 heteroatoms. The van der Waals surface area contributed by atoms with Crippen LogP contribution < -0.4 is 9.47 Å². The van der Waals surface area contributed by atoms with E-state index >= 15 is 0 Å². The number of hydrogen-bond acceptors (Lipinski definition) is 4. The minimum absolute atomic E-state index is 0.0836. The van der Waals surface area contributed by atoms with Crippen molar-refractivity contribution in [2.24, 2.45) is 0 Å². The molecule has 0 aliphatic carbocycles. The Morgan fingerprint density at radius 2 is 1.71 bits per heavy atom. The predicted molar refractivity (Wildman–Crippen MR) is 77.0 cm³/mol. The van der Waals surface area contributed by atoms with E-state index in [0.717, 1.165) is 5.56 Å². The van der Waals surface area contributed by atoms with Crippen LogP contribution in [-0.2, 0) is 6.42 Å². The van der Waals surface area contributed by atoms with Crippen LogP contribution in [0.3, 0.4) is 0 Å². The number of ketones is 2. The van der Waals surface area contributed by atoms with Gasteiger partial charge in [-0.2, -0.15) is 0 Å². The maximum Gasteiger partial charge on any atom is 0.231 e. The smallest absolute Gasteiger partial charge is 0.231 e. The van der Waals surface area contributed by atoms with Gasteiger partial charge >= 0.3 is 0 Å². The Morgan fingerprint density at radius 3 is 2.48 bits per heavy atom. The first-order chi connectivity index (χ1) is 10.1. The minimum Gasteiger partial charge on any atom is -0.454 e. The van der Waals surface area contributed by atoms with E-state index in [2.05, 4.69) is 0 Å². The average molecular weight is 282 g/mol. The van der Waals surface area contributed by atoms with Crippen LogP contribution in [0.15, 0.2) is 42.5 Å². The topological polar surface area (TPSA) is 52.6 Å². The van der Waals surface area contributed by atoms with Gasteiger partial charge in [-0.3, -0.25) is 9.59 Å². The van der Waals surface area contributed by atoms with Gasteiger partial charge in [0, 0.05) is 17.5 Å². The molecule has 1 heterocycles. The molecule has 0 N–H and O–H groups in total. The fraction of sp³-hybridized carbons (Fsp3) is 0.176. The molecule has 0 spiro atoms. The van der Waals surface area contributed by atoms with Gasteiger partial charge < -0.3 is 9.47 Å². The molecule has 2 aromatic carbocycles. The molecule has 0 bridgehead atoms. The van der Waals surface area contributed by atoms with Crippen molar-refractivity contribution >= 4 is 11.6 Å². The molecule has 1 aliphatic rings. The standard InChI is InChI=1S/C17H14O4/c1-11(18)13-4-2-3-5-14(13)15(19)8-12-6-7-16-17(9-12)21-10-20-16/h2-7,9H,8,10H2,1H3. The van der Waals surface area contributed by atoms with Crippen LogP contribution in [0.4, 0.5) is 0 Å². The van der Waals surface area contributed by atoms with Crippen molar-refractivity contribution in [2.75, 3.05) is 6.79 Å². The molecule has 0 fully saturated rings. The van der Waals surface area contributed by atoms with Crippen molar-refractivity contribution < 1.29 is 19.1 Å². The highest BCUT2D eigenvalue weighted by molar-refractivity contribution is 6.08. The Bertz CT molecular complexity index is 718. The Kier molecular flexibility index (Phi) is 3.44. The van der Waals surface area contributed by atoms with Crippen LogP contribution in [0.2, 0.25) is 0 Å². The lowest BCUT2D eigenvalue weighted by atomic mass is 9.96. The van der Waals surface area contributed by atoms with Crippen molar-refractivity contribution in [2.45, 2.75) is 13.3 Å². The fourth-order valence-electron chi connectivity index (χ4n) is 2.36. The third-order valence-electron chi connectivity index (χ3n) is 3.41. The van der Waals surface area contributed by atoms with Gasteiger partial charge in [-0.05, 0) is 24.6 Å². The number of ether oxygens (including phenoxy) is 2. The second-order valence-corrected chi connectivity index (χ2v) is 4.89. The number of Topliss-reactive ketones (excluding diaryl/α,β-unsaturated/α-hetero) is 2. The average Bonchev–Trinajstić information content (AvgIpc) is 2.94. The largest absolute Gasteiger partial charge is 0.454 e. The molecule has 3 rings (SSSR count). The molecule has 21 heavy (non-hydrogen) atoms. The normalized spacial score (nSPS) is 12.2. The summed E-state index contributed by atoms with van der Waals surface area (Å²) in [6.07, 6.45) is 0.223. The highest BCUT2D eigenvalue weighted by Gasteiger charge is 2.17. The van der Waals surface area contributed by atoms with Crippen molar-refractivity contribution in [1.82, 2.24) is 0 Å². The van der Waals surface area contributed by atoms with Crippen molar-refractivity contribution in [1.29, 1.82) is 0 Å². The molecule has 0 saturated carbocycles. The summed E-state index contributed by atoms with van der Waals surface area (Å²) in [7, 11) is 0. The summed E-state index contributed by atoms with van der Waals surface area (Å²) in [6, 6.07) is 12.3. The molecule has 0 radical (unpaired) electrons. The second kappa shape index (κ2) is 5.40. The van der Waals surface area contributed by atoms with Gasteiger partial charge in [-0.25, -0.2) is 0 Å². The molecule has 0 saturated heterocycles. The van der Waals surface area contributed by atoms with E-state index in [9.17, 15) is 9.59 Å². The third kappa shape index (κ3) is 2.65. The first kappa shape index (κ1) is 13.4. The lowest BCUT2D eigenvalue weighted by molar-refractivity contribution is 0.0969. The molecule has 4 nitrogen and oxygen atoms in total. The van der Waals surface area contributed by atoms with E-state index in [1.54, 1.807) is 36.4 Å². The van der Waals surface area contributed by atoms with Gasteiger partial charge in [-0.1, -0.05) is 30.3 Å². The molecular weight excluding hydrogens is 268 g/mol. The Morgan fingerprint density at radius 1 is 1.00 bits per heavy atom. The number of carbonyl (C=O) groups excluding carboxylic acids is 2. The van der Waals surface area contributed by atoms with E-state index in [0.29, 0.717) is 22.6 Å². The van der Waals surface area contributed by atoms with Crippen LogP contribution in [0.25, 0.3) is 0 Å². The molecule has 0 amide bonds. The minimum atomic E-state index is -0.107. The first-order valence-electron chi connectivity index (χ1n) is 6.67. The summed E-state index contributed by atoms with van der Waals surface area (Å²) < 4.78 is 10.5. The zero-order valence-electron chi connectivity index (χ0n) is 11.6. The van der Waals surface area contributed by atoms with Gasteiger partial charge in [0.25, 0.3) is 0 Å². The number of rotatable bonds is 4. The van der Waals surface area contributed by atoms with Gasteiger partial charge in [0.1, 0.15) is 0 Å². The van der Waals surface area contributed by atoms with Gasteiger partial charge in [0.15, 0.2) is 23.1 Å². The van der Waals surface area contributed by atoms with Gasteiger partial charge in [-0.15, -0.1) is 0 Å². The molecule has 0 atom stereocenters. The Hall–Kier alpha value is -2.62. The van der Waals surface area contributed by atoms with E-state index in [4.69, 9.17) is 9.47 Å². The summed E-state index contributed by atoms with van der Waals surface area (Å²) >= 11 is 0. The van der Waals surface area contributed by atoms with Crippen molar-refractivity contribution in [3.63, 3.8) is 0 Å². The summed E-state index contributed by atoms with van der Waals surface area (Å²) in [6.45, 7) is 1.67. The molecule has 106 valence electrons. The lowest BCUT2D eigenvalue weighted by Crippen LogP contribution is -2.09.